The van der Waals surface area contributed by atoms with E-state index in [0.717, 1.165) is 11.4 Å². The van der Waals surface area contributed by atoms with Gasteiger partial charge in [0.2, 0.25) is 10.0 Å². The van der Waals surface area contributed by atoms with Crippen LogP contribution in [0.5, 0.6) is 5.75 Å². The fourth-order valence-electron chi connectivity index (χ4n) is 2.43. The maximum Gasteiger partial charge on any atom is 0.211 e. The van der Waals surface area contributed by atoms with Crippen LogP contribution in [0.4, 0.5) is 0 Å². The van der Waals surface area contributed by atoms with E-state index in [0.29, 0.717) is 25.9 Å². The molecule has 9 heteroatoms. The zero-order chi connectivity index (χ0) is 15.6. The van der Waals surface area contributed by atoms with Crippen molar-refractivity contribution in [2.75, 3.05) is 19.3 Å². The Balaban J connectivity index is 1.58. The highest BCUT2D eigenvalue weighted by Gasteiger charge is 2.25. The van der Waals surface area contributed by atoms with Crippen LogP contribution in [-0.2, 0) is 10.0 Å². The summed E-state index contributed by atoms with van der Waals surface area (Å²) < 4.78 is 31.9. The average molecular weight is 323 g/mol. The Bertz CT molecular complexity index is 707. The summed E-state index contributed by atoms with van der Waals surface area (Å²) in [5.74, 6) is 0.759. The van der Waals surface area contributed by atoms with Crippen molar-refractivity contribution in [3.05, 3.63) is 30.6 Å². The van der Waals surface area contributed by atoms with Gasteiger partial charge in [-0.05, 0) is 47.5 Å². The van der Waals surface area contributed by atoms with Crippen molar-refractivity contribution in [3.8, 4) is 11.4 Å². The second-order valence-electron chi connectivity index (χ2n) is 5.23. The first-order chi connectivity index (χ1) is 10.5. The molecule has 0 bridgehead atoms. The number of benzene rings is 1. The van der Waals surface area contributed by atoms with Gasteiger partial charge in [0.1, 0.15) is 18.2 Å². The number of nitrogens with zero attached hydrogens (tertiary/aromatic N) is 5. The summed E-state index contributed by atoms with van der Waals surface area (Å²) in [6.45, 7) is 1.01. The summed E-state index contributed by atoms with van der Waals surface area (Å²) in [5.41, 5.74) is 0.851. The van der Waals surface area contributed by atoms with E-state index in [9.17, 15) is 8.42 Å². The van der Waals surface area contributed by atoms with Gasteiger partial charge in [-0.1, -0.05) is 0 Å². The zero-order valence-electron chi connectivity index (χ0n) is 12.2. The van der Waals surface area contributed by atoms with Gasteiger partial charge in [0.05, 0.1) is 11.9 Å². The van der Waals surface area contributed by atoms with Gasteiger partial charge in [0.15, 0.2) is 0 Å². The highest BCUT2D eigenvalue weighted by atomic mass is 32.2. The lowest BCUT2D eigenvalue weighted by molar-refractivity contribution is 0.135. The lowest BCUT2D eigenvalue weighted by atomic mass is 10.1. The number of rotatable bonds is 4. The minimum atomic E-state index is -3.10. The molecular formula is C13H17N5O3S. The standard InChI is InChI=1S/C13H17N5O3S/c1-22(19,20)17-8-6-13(7-9-17)21-12-4-2-11(3-5-12)18-10-14-15-16-18/h2-5,10,13H,6-9H2,1H3. The molecule has 2 heterocycles. The summed E-state index contributed by atoms with van der Waals surface area (Å²) in [5, 5.41) is 11.0. The second kappa shape index (κ2) is 6.01. The fraction of sp³-hybridized carbons (Fsp3) is 0.462. The van der Waals surface area contributed by atoms with Gasteiger partial charge in [-0.2, -0.15) is 0 Å². The van der Waals surface area contributed by atoms with Crippen LogP contribution in [0.1, 0.15) is 12.8 Å². The molecule has 0 amide bonds. The number of tetrazole rings is 1. The SMILES string of the molecule is CS(=O)(=O)N1CCC(Oc2ccc(-n3cnnn3)cc2)CC1. The van der Waals surface area contributed by atoms with E-state index in [2.05, 4.69) is 15.5 Å². The van der Waals surface area contributed by atoms with Crippen LogP contribution in [-0.4, -0.2) is 58.4 Å². The fourth-order valence-corrected chi connectivity index (χ4v) is 3.31. The number of aromatic nitrogens is 4. The van der Waals surface area contributed by atoms with Gasteiger partial charge in [-0.25, -0.2) is 17.4 Å². The maximum atomic E-state index is 11.5. The Kier molecular flexibility index (Phi) is 4.08. The lowest BCUT2D eigenvalue weighted by Crippen LogP contribution is -2.41. The number of hydrogen-bond acceptors (Lipinski definition) is 6. The molecule has 8 nitrogen and oxygen atoms in total. The first-order valence-corrected chi connectivity index (χ1v) is 8.82. The number of piperidine rings is 1. The molecule has 0 spiro atoms. The normalized spacial score (nSPS) is 17.5. The first-order valence-electron chi connectivity index (χ1n) is 6.97. The molecule has 0 atom stereocenters. The van der Waals surface area contributed by atoms with E-state index in [1.165, 1.54) is 16.9 Å². The van der Waals surface area contributed by atoms with Gasteiger partial charge in [0.25, 0.3) is 0 Å². The van der Waals surface area contributed by atoms with Crippen molar-refractivity contribution in [2.45, 2.75) is 18.9 Å². The Morgan fingerprint density at radius 1 is 1.18 bits per heavy atom. The largest absolute Gasteiger partial charge is 0.490 e. The summed E-state index contributed by atoms with van der Waals surface area (Å²) in [4.78, 5) is 0. The molecule has 2 aromatic rings. The molecule has 1 aliphatic heterocycles. The molecule has 1 aromatic carbocycles. The predicted octanol–water partition coefficient (Wildman–Crippen LogP) is 0.465. The van der Waals surface area contributed by atoms with E-state index in [1.807, 2.05) is 24.3 Å². The van der Waals surface area contributed by atoms with Crippen LogP contribution in [0, 0.1) is 0 Å². The predicted molar refractivity (Wildman–Crippen MR) is 79.2 cm³/mol. The molecule has 0 radical (unpaired) electrons. The van der Waals surface area contributed by atoms with Crippen LogP contribution in [0.25, 0.3) is 5.69 Å². The molecule has 0 aliphatic carbocycles. The van der Waals surface area contributed by atoms with E-state index >= 15 is 0 Å². The van der Waals surface area contributed by atoms with Crippen molar-refractivity contribution in [3.63, 3.8) is 0 Å². The lowest BCUT2D eigenvalue weighted by Gasteiger charge is -2.30. The number of ether oxygens (including phenoxy) is 1. The molecule has 22 heavy (non-hydrogen) atoms. The molecule has 3 rings (SSSR count). The van der Waals surface area contributed by atoms with Crippen LogP contribution in [0.15, 0.2) is 30.6 Å². The van der Waals surface area contributed by atoms with Crippen LogP contribution in [0.2, 0.25) is 0 Å². The van der Waals surface area contributed by atoms with Crippen molar-refractivity contribution in [2.24, 2.45) is 0 Å². The van der Waals surface area contributed by atoms with Gasteiger partial charge in [-0.3, -0.25) is 0 Å². The number of sulfonamides is 1. The first kappa shape index (κ1) is 14.9. The monoisotopic (exact) mass is 323 g/mol. The Labute approximate surface area is 128 Å². The Morgan fingerprint density at radius 2 is 1.86 bits per heavy atom. The van der Waals surface area contributed by atoms with Crippen molar-refractivity contribution in [1.29, 1.82) is 0 Å². The number of hydrogen-bond donors (Lipinski definition) is 0. The van der Waals surface area contributed by atoms with E-state index in [1.54, 1.807) is 4.68 Å². The summed E-state index contributed by atoms with van der Waals surface area (Å²) in [6, 6.07) is 7.47. The topological polar surface area (TPSA) is 90.2 Å². The summed E-state index contributed by atoms with van der Waals surface area (Å²) >= 11 is 0. The molecule has 0 N–H and O–H groups in total. The third-order valence-electron chi connectivity index (χ3n) is 3.62. The molecule has 0 saturated carbocycles. The summed E-state index contributed by atoms with van der Waals surface area (Å²) in [7, 11) is -3.10. The van der Waals surface area contributed by atoms with Gasteiger partial charge < -0.3 is 4.74 Å². The molecule has 0 unspecified atom stereocenters. The van der Waals surface area contributed by atoms with Gasteiger partial charge in [-0.15, -0.1) is 5.10 Å². The average Bonchev–Trinajstić information content (AvgIpc) is 3.02. The maximum absolute atomic E-state index is 11.5. The Hall–Kier alpha value is -2.00. The minimum absolute atomic E-state index is 0.0388. The van der Waals surface area contributed by atoms with Crippen LogP contribution >= 0.6 is 0 Å². The van der Waals surface area contributed by atoms with Crippen LogP contribution < -0.4 is 4.74 Å². The highest BCUT2D eigenvalue weighted by molar-refractivity contribution is 7.88. The highest BCUT2D eigenvalue weighted by Crippen LogP contribution is 2.21. The van der Waals surface area contributed by atoms with E-state index < -0.39 is 10.0 Å². The van der Waals surface area contributed by atoms with Crippen molar-refractivity contribution < 1.29 is 13.2 Å². The summed E-state index contributed by atoms with van der Waals surface area (Å²) in [6.07, 6.45) is 4.20. The van der Waals surface area contributed by atoms with Crippen molar-refractivity contribution in [1.82, 2.24) is 24.5 Å². The Morgan fingerprint density at radius 3 is 2.41 bits per heavy atom. The van der Waals surface area contributed by atoms with E-state index in [-0.39, 0.29) is 6.10 Å². The van der Waals surface area contributed by atoms with Gasteiger partial charge >= 0.3 is 0 Å². The molecule has 118 valence electrons. The molecule has 1 aromatic heterocycles. The zero-order valence-corrected chi connectivity index (χ0v) is 13.0. The molecule has 1 fully saturated rings. The third kappa shape index (κ3) is 3.42. The van der Waals surface area contributed by atoms with Crippen LogP contribution in [0.3, 0.4) is 0 Å². The van der Waals surface area contributed by atoms with Gasteiger partial charge in [0, 0.05) is 13.1 Å². The van der Waals surface area contributed by atoms with Crippen molar-refractivity contribution >= 4 is 10.0 Å². The molecular weight excluding hydrogens is 306 g/mol. The minimum Gasteiger partial charge on any atom is -0.490 e. The second-order valence-corrected chi connectivity index (χ2v) is 7.21. The smallest absolute Gasteiger partial charge is 0.211 e. The molecule has 1 aliphatic rings. The third-order valence-corrected chi connectivity index (χ3v) is 4.93. The van der Waals surface area contributed by atoms with E-state index in [4.69, 9.17) is 4.74 Å². The molecule has 1 saturated heterocycles. The quantitative estimate of drug-likeness (QED) is 0.812.